The van der Waals surface area contributed by atoms with E-state index in [1.165, 1.54) is 11.1 Å². The fourth-order valence-corrected chi connectivity index (χ4v) is 2.86. The van der Waals surface area contributed by atoms with Crippen LogP contribution in [0.3, 0.4) is 0 Å². The van der Waals surface area contributed by atoms with E-state index in [9.17, 15) is 5.11 Å². The fourth-order valence-electron chi connectivity index (χ4n) is 2.86. The van der Waals surface area contributed by atoms with Gasteiger partial charge in [0.05, 0.1) is 6.20 Å². The van der Waals surface area contributed by atoms with Gasteiger partial charge in [0.25, 0.3) is 0 Å². The number of rotatable bonds is 3. The maximum atomic E-state index is 9.56. The van der Waals surface area contributed by atoms with Gasteiger partial charge in [-0.3, -0.25) is 9.38 Å². The van der Waals surface area contributed by atoms with E-state index in [0.29, 0.717) is 0 Å². The van der Waals surface area contributed by atoms with Gasteiger partial charge in [0.2, 0.25) is 0 Å². The minimum Gasteiger partial charge on any atom is -0.508 e. The lowest BCUT2D eigenvalue weighted by molar-refractivity contribution is 0.475. The number of nitrogens with one attached hydrogen (secondary N) is 1. The lowest BCUT2D eigenvalue weighted by Gasteiger charge is -2.13. The minimum absolute atomic E-state index is 0.234. The van der Waals surface area contributed by atoms with E-state index in [0.717, 1.165) is 28.4 Å². The number of hydrogen-bond donors (Lipinski definition) is 2. The number of anilines is 2. The Morgan fingerprint density at radius 3 is 2.64 bits per heavy atom. The van der Waals surface area contributed by atoms with Crippen molar-refractivity contribution < 1.29 is 5.11 Å². The van der Waals surface area contributed by atoms with E-state index < -0.39 is 0 Å². The van der Waals surface area contributed by atoms with Crippen molar-refractivity contribution in [2.24, 2.45) is 0 Å². The average molecular weight is 330 g/mol. The van der Waals surface area contributed by atoms with E-state index in [2.05, 4.69) is 36.3 Å². The smallest absolute Gasteiger partial charge is 0.157 e. The van der Waals surface area contributed by atoms with Crippen molar-refractivity contribution >= 4 is 17.2 Å². The van der Waals surface area contributed by atoms with E-state index in [4.69, 9.17) is 4.98 Å². The molecule has 0 unspecified atom stereocenters. The highest BCUT2D eigenvalue weighted by Gasteiger charge is 2.15. The Balaban J connectivity index is 1.90. The predicted molar refractivity (Wildman–Crippen MR) is 99.3 cm³/mol. The largest absolute Gasteiger partial charge is 0.508 e. The first-order valence-corrected chi connectivity index (χ1v) is 8.08. The molecule has 2 aromatic heterocycles. The van der Waals surface area contributed by atoms with Crippen molar-refractivity contribution in [2.75, 3.05) is 5.32 Å². The maximum absolute atomic E-state index is 9.56. The van der Waals surface area contributed by atoms with Crippen LogP contribution in [0.5, 0.6) is 5.75 Å². The summed E-state index contributed by atoms with van der Waals surface area (Å²) in [5.41, 5.74) is 5.97. The monoisotopic (exact) mass is 330 g/mol. The van der Waals surface area contributed by atoms with E-state index in [1.54, 1.807) is 24.5 Å². The summed E-state index contributed by atoms with van der Waals surface area (Å²) < 4.78 is 1.98. The molecule has 25 heavy (non-hydrogen) atoms. The van der Waals surface area contributed by atoms with Gasteiger partial charge in [0.1, 0.15) is 17.3 Å². The number of hydrogen-bond acceptors (Lipinski definition) is 4. The second-order valence-corrected chi connectivity index (χ2v) is 6.03. The number of phenols is 1. The molecule has 0 spiro atoms. The standard InChI is InChI=1S/C20H18N4O/c1-13-4-3-5-17(14(13)2)22-20-19(15-6-8-16(25)9-7-15)23-18-12-21-10-11-24(18)20/h3-12,22,25H,1-2H3. The lowest BCUT2D eigenvalue weighted by Crippen LogP contribution is -1.99. The van der Waals surface area contributed by atoms with Crippen LogP contribution in [0.15, 0.2) is 61.1 Å². The number of benzene rings is 2. The number of phenolic OH excluding ortho intramolecular Hbond substituents is 1. The van der Waals surface area contributed by atoms with Crippen molar-refractivity contribution in [3.8, 4) is 17.0 Å². The SMILES string of the molecule is Cc1cccc(Nc2c(-c3ccc(O)cc3)nc3cnccn23)c1C. The Morgan fingerprint density at radius 1 is 1.04 bits per heavy atom. The van der Waals surface area contributed by atoms with Gasteiger partial charge in [-0.2, -0.15) is 0 Å². The predicted octanol–water partition coefficient (Wildman–Crippen LogP) is 4.46. The zero-order chi connectivity index (χ0) is 17.4. The molecule has 2 aromatic carbocycles. The first kappa shape index (κ1) is 15.2. The summed E-state index contributed by atoms with van der Waals surface area (Å²) in [5, 5.41) is 13.1. The molecule has 0 amide bonds. The minimum atomic E-state index is 0.234. The van der Waals surface area contributed by atoms with Crippen LogP contribution in [0.1, 0.15) is 11.1 Å². The van der Waals surface area contributed by atoms with Gasteiger partial charge in [-0.05, 0) is 55.3 Å². The number of fused-ring (bicyclic) bond motifs is 1. The number of nitrogens with zero attached hydrogens (tertiary/aromatic N) is 3. The summed E-state index contributed by atoms with van der Waals surface area (Å²) in [4.78, 5) is 8.88. The van der Waals surface area contributed by atoms with Gasteiger partial charge < -0.3 is 10.4 Å². The molecule has 0 saturated heterocycles. The zero-order valence-electron chi connectivity index (χ0n) is 14.1. The number of aromatic hydroxyl groups is 1. The fraction of sp³-hybridized carbons (Fsp3) is 0.100. The van der Waals surface area contributed by atoms with Crippen molar-refractivity contribution in [1.29, 1.82) is 0 Å². The van der Waals surface area contributed by atoms with Crippen LogP contribution in [-0.4, -0.2) is 19.5 Å². The lowest BCUT2D eigenvalue weighted by atomic mass is 10.1. The molecule has 0 saturated carbocycles. The van der Waals surface area contributed by atoms with Crippen LogP contribution in [0.2, 0.25) is 0 Å². The van der Waals surface area contributed by atoms with E-state index in [1.807, 2.05) is 28.8 Å². The van der Waals surface area contributed by atoms with Gasteiger partial charge in [-0.1, -0.05) is 12.1 Å². The molecule has 0 aliphatic rings. The molecule has 2 N–H and O–H groups in total. The summed E-state index contributed by atoms with van der Waals surface area (Å²) in [5.74, 6) is 1.11. The Kier molecular flexibility index (Phi) is 3.61. The summed E-state index contributed by atoms with van der Waals surface area (Å²) in [6.45, 7) is 4.20. The number of imidazole rings is 1. The maximum Gasteiger partial charge on any atom is 0.157 e. The molecule has 2 heterocycles. The Bertz CT molecular complexity index is 1050. The molecular formula is C20H18N4O. The van der Waals surface area contributed by atoms with Crippen LogP contribution in [0, 0.1) is 13.8 Å². The summed E-state index contributed by atoms with van der Waals surface area (Å²) in [6, 6.07) is 13.2. The second kappa shape index (κ2) is 5.94. The molecular weight excluding hydrogens is 312 g/mol. The van der Waals surface area contributed by atoms with Gasteiger partial charge in [-0.25, -0.2) is 4.98 Å². The molecule has 4 rings (SSSR count). The highest BCUT2D eigenvalue weighted by Crippen LogP contribution is 2.33. The quantitative estimate of drug-likeness (QED) is 0.582. The van der Waals surface area contributed by atoms with Gasteiger partial charge in [0, 0.05) is 23.6 Å². The average Bonchev–Trinajstić information content (AvgIpc) is 2.98. The van der Waals surface area contributed by atoms with Gasteiger partial charge in [-0.15, -0.1) is 0 Å². The topological polar surface area (TPSA) is 62.5 Å². The van der Waals surface area contributed by atoms with Gasteiger partial charge >= 0.3 is 0 Å². The Hall–Kier alpha value is -3.34. The van der Waals surface area contributed by atoms with Crippen LogP contribution < -0.4 is 5.32 Å². The van der Waals surface area contributed by atoms with Crippen molar-refractivity contribution in [2.45, 2.75) is 13.8 Å². The first-order chi connectivity index (χ1) is 12.1. The number of aryl methyl sites for hydroxylation is 1. The summed E-state index contributed by atoms with van der Waals surface area (Å²) in [6.07, 6.45) is 5.36. The molecule has 0 aliphatic heterocycles. The van der Waals surface area contributed by atoms with Crippen molar-refractivity contribution in [3.63, 3.8) is 0 Å². The summed E-state index contributed by atoms with van der Waals surface area (Å²) >= 11 is 0. The van der Waals surface area contributed by atoms with Crippen molar-refractivity contribution in [3.05, 3.63) is 72.2 Å². The zero-order valence-corrected chi connectivity index (χ0v) is 14.1. The molecule has 0 bridgehead atoms. The normalized spacial score (nSPS) is 11.0. The molecule has 0 radical (unpaired) electrons. The van der Waals surface area contributed by atoms with Crippen LogP contribution in [-0.2, 0) is 0 Å². The molecule has 5 heteroatoms. The highest BCUT2D eigenvalue weighted by molar-refractivity contribution is 5.80. The van der Waals surface area contributed by atoms with Crippen LogP contribution in [0.25, 0.3) is 16.9 Å². The molecule has 124 valence electrons. The molecule has 4 aromatic rings. The molecule has 0 atom stereocenters. The van der Waals surface area contributed by atoms with Crippen LogP contribution >= 0.6 is 0 Å². The third kappa shape index (κ3) is 2.70. The number of aromatic nitrogens is 3. The van der Waals surface area contributed by atoms with Gasteiger partial charge in [0.15, 0.2) is 5.65 Å². The summed E-state index contributed by atoms with van der Waals surface area (Å²) in [7, 11) is 0. The molecule has 0 aliphatic carbocycles. The van der Waals surface area contributed by atoms with Crippen LogP contribution in [0.4, 0.5) is 11.5 Å². The Morgan fingerprint density at radius 2 is 1.84 bits per heavy atom. The first-order valence-electron chi connectivity index (χ1n) is 8.08. The second-order valence-electron chi connectivity index (χ2n) is 6.03. The Labute approximate surface area is 145 Å². The van der Waals surface area contributed by atoms with E-state index in [-0.39, 0.29) is 5.75 Å². The third-order valence-corrected chi connectivity index (χ3v) is 4.43. The third-order valence-electron chi connectivity index (χ3n) is 4.43. The molecule has 5 nitrogen and oxygen atoms in total. The van der Waals surface area contributed by atoms with Crippen molar-refractivity contribution in [1.82, 2.24) is 14.4 Å². The van der Waals surface area contributed by atoms with E-state index >= 15 is 0 Å². The molecule has 0 fully saturated rings. The highest BCUT2D eigenvalue weighted by atomic mass is 16.3.